The highest BCUT2D eigenvalue weighted by atomic mass is 35.5. The molecular formula is C16H21ClN4O2. The molecule has 0 aliphatic carbocycles. The normalized spacial score (nSPS) is 22.5. The van der Waals surface area contributed by atoms with Gasteiger partial charge >= 0.3 is 6.03 Å². The first-order chi connectivity index (χ1) is 11.0. The number of hydrogen-bond donors (Lipinski definition) is 1. The Kier molecular flexibility index (Phi) is 4.73. The van der Waals surface area contributed by atoms with Crippen LogP contribution in [0.15, 0.2) is 24.3 Å². The molecule has 0 bridgehead atoms. The third kappa shape index (κ3) is 3.76. The van der Waals surface area contributed by atoms with Crippen molar-refractivity contribution in [2.24, 2.45) is 0 Å². The largest absolute Gasteiger partial charge is 0.333 e. The summed E-state index contributed by atoms with van der Waals surface area (Å²) in [5.74, 6) is 0.0241. The summed E-state index contributed by atoms with van der Waals surface area (Å²) in [5, 5.41) is 3.62. The average Bonchev–Trinajstić information content (AvgIpc) is 2.89. The molecule has 2 heterocycles. The fourth-order valence-corrected chi connectivity index (χ4v) is 3.08. The zero-order valence-corrected chi connectivity index (χ0v) is 13.9. The molecule has 7 heteroatoms. The van der Waals surface area contributed by atoms with Crippen molar-refractivity contribution in [2.45, 2.75) is 12.5 Å². The minimum absolute atomic E-state index is 0.0241. The van der Waals surface area contributed by atoms with Crippen LogP contribution in [0.3, 0.4) is 0 Å². The van der Waals surface area contributed by atoms with Crippen LogP contribution in [0.4, 0.5) is 10.5 Å². The second-order valence-electron chi connectivity index (χ2n) is 6.12. The Bertz CT molecular complexity index is 584. The smallest absolute Gasteiger partial charge is 0.317 e. The molecule has 3 rings (SSSR count). The van der Waals surface area contributed by atoms with Gasteiger partial charge in [0, 0.05) is 49.9 Å². The number of rotatable bonds is 2. The molecule has 0 unspecified atom stereocenters. The molecule has 1 aromatic carbocycles. The molecule has 1 atom stereocenters. The average molecular weight is 337 g/mol. The molecule has 3 amide bonds. The standard InChI is InChI=1S/C16H21ClN4O2/c1-19-6-8-20(9-7-19)16(23)18-13-10-15(22)21(11-13)14-4-2-12(17)3-5-14/h2-5,13H,6-11H2,1H3,(H,18,23)/t13-/m0/s1. The van der Waals surface area contributed by atoms with Crippen molar-refractivity contribution in [1.82, 2.24) is 15.1 Å². The molecule has 0 radical (unpaired) electrons. The lowest BCUT2D eigenvalue weighted by atomic mass is 10.2. The lowest BCUT2D eigenvalue weighted by Crippen LogP contribution is -2.52. The van der Waals surface area contributed by atoms with Crippen LogP contribution in [0.5, 0.6) is 0 Å². The summed E-state index contributed by atoms with van der Waals surface area (Å²) in [6, 6.07) is 6.95. The number of likely N-dealkylation sites (N-methyl/N-ethyl adjacent to an activating group) is 1. The molecule has 2 aliphatic heterocycles. The van der Waals surface area contributed by atoms with Crippen LogP contribution in [-0.4, -0.2) is 67.6 Å². The highest BCUT2D eigenvalue weighted by molar-refractivity contribution is 6.30. The van der Waals surface area contributed by atoms with Crippen LogP contribution in [0, 0.1) is 0 Å². The van der Waals surface area contributed by atoms with Gasteiger partial charge in [0.05, 0.1) is 6.04 Å². The van der Waals surface area contributed by atoms with Crippen molar-refractivity contribution in [3.63, 3.8) is 0 Å². The summed E-state index contributed by atoms with van der Waals surface area (Å²) >= 11 is 5.88. The number of halogens is 1. The van der Waals surface area contributed by atoms with Crippen molar-refractivity contribution in [1.29, 1.82) is 0 Å². The quantitative estimate of drug-likeness (QED) is 0.888. The van der Waals surface area contributed by atoms with E-state index in [-0.39, 0.29) is 18.0 Å². The van der Waals surface area contributed by atoms with Crippen LogP contribution in [0.2, 0.25) is 5.02 Å². The lowest BCUT2D eigenvalue weighted by Gasteiger charge is -2.33. The molecule has 2 aliphatic rings. The number of carbonyl (C=O) groups excluding carboxylic acids is 2. The van der Waals surface area contributed by atoms with Gasteiger partial charge in [-0.15, -0.1) is 0 Å². The van der Waals surface area contributed by atoms with E-state index < -0.39 is 0 Å². The number of carbonyl (C=O) groups is 2. The van der Waals surface area contributed by atoms with E-state index in [1.807, 2.05) is 17.0 Å². The Balaban J connectivity index is 1.57. The Morgan fingerprint density at radius 3 is 2.48 bits per heavy atom. The van der Waals surface area contributed by atoms with Crippen molar-refractivity contribution in [3.8, 4) is 0 Å². The molecule has 0 spiro atoms. The van der Waals surface area contributed by atoms with Crippen LogP contribution < -0.4 is 10.2 Å². The summed E-state index contributed by atoms with van der Waals surface area (Å²) in [6.45, 7) is 3.72. The third-order valence-corrected chi connectivity index (χ3v) is 4.63. The first-order valence-corrected chi connectivity index (χ1v) is 8.20. The maximum atomic E-state index is 12.3. The van der Waals surface area contributed by atoms with Gasteiger partial charge in [-0.25, -0.2) is 4.79 Å². The van der Waals surface area contributed by atoms with Crippen molar-refractivity contribution >= 4 is 29.2 Å². The second kappa shape index (κ2) is 6.76. The van der Waals surface area contributed by atoms with E-state index in [0.717, 1.165) is 31.9 Å². The first kappa shape index (κ1) is 16.1. The summed E-state index contributed by atoms with van der Waals surface area (Å²) in [5.41, 5.74) is 0.816. The van der Waals surface area contributed by atoms with Crippen molar-refractivity contribution in [2.75, 3.05) is 44.7 Å². The summed E-state index contributed by atoms with van der Waals surface area (Å²) in [4.78, 5) is 30.2. The number of amides is 3. The summed E-state index contributed by atoms with van der Waals surface area (Å²) in [6.07, 6.45) is 0.335. The zero-order chi connectivity index (χ0) is 16.4. The van der Waals surface area contributed by atoms with Gasteiger partial charge in [-0.05, 0) is 31.3 Å². The zero-order valence-electron chi connectivity index (χ0n) is 13.2. The van der Waals surface area contributed by atoms with Crippen LogP contribution >= 0.6 is 11.6 Å². The Hall–Kier alpha value is -1.79. The number of benzene rings is 1. The number of nitrogens with one attached hydrogen (secondary N) is 1. The molecule has 23 heavy (non-hydrogen) atoms. The highest BCUT2D eigenvalue weighted by Gasteiger charge is 2.32. The number of nitrogens with zero attached hydrogens (tertiary/aromatic N) is 3. The minimum atomic E-state index is -0.148. The maximum Gasteiger partial charge on any atom is 0.317 e. The predicted octanol–water partition coefficient (Wildman–Crippen LogP) is 1.40. The Morgan fingerprint density at radius 1 is 1.17 bits per heavy atom. The number of anilines is 1. The van der Waals surface area contributed by atoms with Crippen LogP contribution in [0.1, 0.15) is 6.42 Å². The topological polar surface area (TPSA) is 55.9 Å². The summed E-state index contributed by atoms with van der Waals surface area (Å²) < 4.78 is 0. The fourth-order valence-electron chi connectivity index (χ4n) is 2.95. The van der Waals surface area contributed by atoms with Crippen LogP contribution in [-0.2, 0) is 4.79 Å². The molecule has 1 aromatic rings. The fraction of sp³-hybridized carbons (Fsp3) is 0.500. The SMILES string of the molecule is CN1CCN(C(=O)N[C@H]2CC(=O)N(c3ccc(Cl)cc3)C2)CC1. The van der Waals surface area contributed by atoms with E-state index >= 15 is 0 Å². The van der Waals surface area contributed by atoms with Gasteiger partial charge in [0.1, 0.15) is 0 Å². The van der Waals surface area contributed by atoms with E-state index in [1.165, 1.54) is 0 Å². The first-order valence-electron chi connectivity index (χ1n) is 7.83. The molecule has 2 fully saturated rings. The van der Waals surface area contributed by atoms with E-state index in [2.05, 4.69) is 17.3 Å². The lowest BCUT2D eigenvalue weighted by molar-refractivity contribution is -0.117. The maximum absolute atomic E-state index is 12.3. The molecular weight excluding hydrogens is 316 g/mol. The van der Waals surface area contributed by atoms with Gasteiger partial charge in [-0.1, -0.05) is 11.6 Å². The van der Waals surface area contributed by atoms with E-state index in [0.29, 0.717) is 18.0 Å². The molecule has 124 valence electrons. The van der Waals surface area contributed by atoms with Gasteiger partial charge in [-0.3, -0.25) is 4.79 Å². The molecule has 0 saturated carbocycles. The highest BCUT2D eigenvalue weighted by Crippen LogP contribution is 2.23. The van der Waals surface area contributed by atoms with Gasteiger partial charge in [0.25, 0.3) is 0 Å². The molecule has 6 nitrogen and oxygen atoms in total. The molecule has 2 saturated heterocycles. The van der Waals surface area contributed by atoms with E-state index in [4.69, 9.17) is 11.6 Å². The summed E-state index contributed by atoms with van der Waals surface area (Å²) in [7, 11) is 2.05. The number of piperazine rings is 1. The van der Waals surface area contributed by atoms with Gasteiger partial charge < -0.3 is 20.0 Å². The van der Waals surface area contributed by atoms with E-state index in [1.54, 1.807) is 17.0 Å². The predicted molar refractivity (Wildman–Crippen MR) is 89.8 cm³/mol. The van der Waals surface area contributed by atoms with Crippen molar-refractivity contribution in [3.05, 3.63) is 29.3 Å². The minimum Gasteiger partial charge on any atom is -0.333 e. The second-order valence-corrected chi connectivity index (χ2v) is 6.56. The Morgan fingerprint density at radius 2 is 1.83 bits per heavy atom. The van der Waals surface area contributed by atoms with Crippen LogP contribution in [0.25, 0.3) is 0 Å². The van der Waals surface area contributed by atoms with Gasteiger partial charge in [0.2, 0.25) is 5.91 Å². The molecule has 0 aromatic heterocycles. The number of hydrogen-bond acceptors (Lipinski definition) is 3. The van der Waals surface area contributed by atoms with E-state index in [9.17, 15) is 9.59 Å². The number of urea groups is 1. The molecule has 1 N–H and O–H groups in total. The van der Waals surface area contributed by atoms with Gasteiger partial charge in [-0.2, -0.15) is 0 Å². The third-order valence-electron chi connectivity index (χ3n) is 4.38. The monoisotopic (exact) mass is 336 g/mol. The Labute approximate surface area is 141 Å². The van der Waals surface area contributed by atoms with Gasteiger partial charge in [0.15, 0.2) is 0 Å². The van der Waals surface area contributed by atoms with Crippen molar-refractivity contribution < 1.29 is 9.59 Å².